The van der Waals surface area contributed by atoms with Crippen molar-refractivity contribution in [1.82, 2.24) is 4.31 Å². The van der Waals surface area contributed by atoms with Gasteiger partial charge in [-0.2, -0.15) is 17.5 Å². The molecule has 3 nitrogen and oxygen atoms in total. The topological polar surface area (TPSA) is 37.4 Å². The number of hydrogen-bond acceptors (Lipinski definition) is 2. The van der Waals surface area contributed by atoms with Gasteiger partial charge in [0.1, 0.15) is 4.90 Å². The fraction of sp³-hybridized carbons (Fsp3) is 0.571. The van der Waals surface area contributed by atoms with Crippen LogP contribution < -0.4 is 0 Å². The normalized spacial score (nSPS) is 16.5. The maximum atomic E-state index is 12.8. The highest BCUT2D eigenvalue weighted by molar-refractivity contribution is 7.89. The third kappa shape index (κ3) is 3.75. The van der Waals surface area contributed by atoms with E-state index in [0.717, 1.165) is 25.0 Å². The van der Waals surface area contributed by atoms with E-state index in [1.165, 1.54) is 4.31 Å². The molecule has 8 heteroatoms. The molecule has 1 aliphatic rings. The summed E-state index contributed by atoms with van der Waals surface area (Å²) in [6.07, 6.45) is -3.16. The van der Waals surface area contributed by atoms with Gasteiger partial charge in [-0.05, 0) is 37.0 Å². The highest BCUT2D eigenvalue weighted by Gasteiger charge is 2.40. The van der Waals surface area contributed by atoms with E-state index >= 15 is 0 Å². The van der Waals surface area contributed by atoms with Crippen molar-refractivity contribution >= 4 is 21.6 Å². The Balaban J connectivity index is 2.47. The zero-order chi connectivity index (χ0) is 16.7. The van der Waals surface area contributed by atoms with Crippen molar-refractivity contribution in [2.75, 3.05) is 6.54 Å². The van der Waals surface area contributed by atoms with Crippen molar-refractivity contribution in [1.29, 1.82) is 0 Å². The molecule has 0 spiro atoms. The van der Waals surface area contributed by atoms with Crippen LogP contribution in [0.25, 0.3) is 0 Å². The molecule has 0 aromatic heterocycles. The van der Waals surface area contributed by atoms with E-state index < -0.39 is 26.7 Å². The highest BCUT2D eigenvalue weighted by Crippen LogP contribution is 2.37. The lowest BCUT2D eigenvalue weighted by atomic mass is 10.2. The van der Waals surface area contributed by atoms with Gasteiger partial charge in [0, 0.05) is 12.6 Å². The Morgan fingerprint density at radius 3 is 2.36 bits per heavy atom. The fourth-order valence-corrected chi connectivity index (χ4v) is 4.52. The van der Waals surface area contributed by atoms with Crippen molar-refractivity contribution in [2.24, 2.45) is 5.92 Å². The Hall–Kier alpha value is -0.790. The van der Waals surface area contributed by atoms with Gasteiger partial charge in [-0.15, -0.1) is 0 Å². The van der Waals surface area contributed by atoms with Crippen molar-refractivity contribution in [2.45, 2.75) is 43.8 Å². The molecule has 0 radical (unpaired) electrons. The van der Waals surface area contributed by atoms with Crippen LogP contribution in [0.1, 0.15) is 32.3 Å². The van der Waals surface area contributed by atoms with Crippen LogP contribution in [0.2, 0.25) is 5.02 Å². The van der Waals surface area contributed by atoms with E-state index in [4.69, 9.17) is 11.6 Å². The lowest BCUT2D eigenvalue weighted by Gasteiger charge is -2.24. The molecular weight excluding hydrogens is 339 g/mol. The van der Waals surface area contributed by atoms with Gasteiger partial charge in [0.2, 0.25) is 10.0 Å². The summed E-state index contributed by atoms with van der Waals surface area (Å²) in [5, 5.41) is -0.192. The van der Waals surface area contributed by atoms with Crippen molar-refractivity contribution in [3.05, 3.63) is 28.8 Å². The average molecular weight is 356 g/mol. The molecular formula is C14H17ClF3NO2S. The monoisotopic (exact) mass is 355 g/mol. The van der Waals surface area contributed by atoms with Crippen LogP contribution in [0.15, 0.2) is 23.1 Å². The summed E-state index contributed by atoms with van der Waals surface area (Å²) in [5.41, 5.74) is -1.02. The first-order chi connectivity index (χ1) is 10.0. The van der Waals surface area contributed by atoms with Gasteiger partial charge in [0.15, 0.2) is 0 Å². The van der Waals surface area contributed by atoms with Crippen LogP contribution in [-0.2, 0) is 16.2 Å². The molecule has 2 rings (SSSR count). The third-order valence-electron chi connectivity index (χ3n) is 3.34. The zero-order valence-electron chi connectivity index (χ0n) is 12.2. The molecule has 0 atom stereocenters. The molecule has 0 saturated heterocycles. The number of benzene rings is 1. The van der Waals surface area contributed by atoms with E-state index in [0.29, 0.717) is 6.07 Å². The second kappa shape index (κ2) is 6.02. The number of halogens is 4. The second-order valence-electron chi connectivity index (χ2n) is 5.84. The molecule has 1 aliphatic carbocycles. The van der Waals surface area contributed by atoms with E-state index in [2.05, 4.69) is 0 Å². The minimum atomic E-state index is -4.61. The quantitative estimate of drug-likeness (QED) is 0.795. The minimum Gasteiger partial charge on any atom is -0.207 e. The summed E-state index contributed by atoms with van der Waals surface area (Å²) in [5.74, 6) is 0.0694. The maximum Gasteiger partial charge on any atom is 0.416 e. The largest absolute Gasteiger partial charge is 0.416 e. The third-order valence-corrected chi connectivity index (χ3v) is 5.74. The zero-order valence-corrected chi connectivity index (χ0v) is 13.8. The van der Waals surface area contributed by atoms with Gasteiger partial charge < -0.3 is 0 Å². The summed E-state index contributed by atoms with van der Waals surface area (Å²) < 4.78 is 65.2. The summed E-state index contributed by atoms with van der Waals surface area (Å²) in [6.45, 7) is 3.98. The van der Waals surface area contributed by atoms with Gasteiger partial charge in [-0.3, -0.25) is 0 Å². The minimum absolute atomic E-state index is 0.0694. The summed E-state index contributed by atoms with van der Waals surface area (Å²) in [4.78, 5) is -0.475. The predicted octanol–water partition coefficient (Wildman–Crippen LogP) is 4.17. The number of hydrogen-bond donors (Lipinski definition) is 0. The van der Waals surface area contributed by atoms with Crippen LogP contribution in [0, 0.1) is 5.92 Å². The van der Waals surface area contributed by atoms with Crippen LogP contribution in [-0.4, -0.2) is 25.3 Å². The SMILES string of the molecule is CC(C)CN(C1CC1)S(=O)(=O)c1cc(C(F)(F)F)ccc1Cl. The van der Waals surface area contributed by atoms with E-state index in [1.54, 1.807) is 0 Å². The van der Waals surface area contributed by atoms with Crippen LogP contribution in [0.5, 0.6) is 0 Å². The van der Waals surface area contributed by atoms with E-state index in [-0.39, 0.29) is 23.5 Å². The van der Waals surface area contributed by atoms with Crippen LogP contribution in [0.3, 0.4) is 0 Å². The molecule has 0 aliphatic heterocycles. The maximum absolute atomic E-state index is 12.8. The first kappa shape index (κ1) is 17.6. The molecule has 1 saturated carbocycles. The van der Waals surface area contributed by atoms with E-state index in [1.807, 2.05) is 13.8 Å². The number of sulfonamides is 1. The van der Waals surface area contributed by atoms with Gasteiger partial charge in [-0.25, -0.2) is 8.42 Å². The molecule has 0 unspecified atom stereocenters. The molecule has 124 valence electrons. The molecule has 0 amide bonds. The lowest BCUT2D eigenvalue weighted by molar-refractivity contribution is -0.137. The smallest absolute Gasteiger partial charge is 0.207 e. The molecule has 1 fully saturated rings. The van der Waals surface area contributed by atoms with E-state index in [9.17, 15) is 21.6 Å². The van der Waals surface area contributed by atoms with Crippen LogP contribution in [0.4, 0.5) is 13.2 Å². The highest BCUT2D eigenvalue weighted by atomic mass is 35.5. The standard InChI is InChI=1S/C14H17ClF3NO2S/c1-9(2)8-19(11-4-5-11)22(20,21)13-7-10(14(16,17)18)3-6-12(13)15/h3,6-7,9,11H,4-5,8H2,1-2H3. The molecule has 0 heterocycles. The molecule has 0 bridgehead atoms. The summed E-state index contributed by atoms with van der Waals surface area (Å²) in [6, 6.07) is 2.24. The van der Waals surface area contributed by atoms with Gasteiger partial charge in [-0.1, -0.05) is 25.4 Å². The van der Waals surface area contributed by atoms with Gasteiger partial charge in [0.25, 0.3) is 0 Å². The van der Waals surface area contributed by atoms with Crippen molar-refractivity contribution < 1.29 is 21.6 Å². The van der Waals surface area contributed by atoms with Crippen molar-refractivity contribution in [3.63, 3.8) is 0 Å². The summed E-state index contributed by atoms with van der Waals surface area (Å²) >= 11 is 5.86. The molecule has 1 aromatic rings. The molecule has 22 heavy (non-hydrogen) atoms. The van der Waals surface area contributed by atoms with Gasteiger partial charge in [0.05, 0.1) is 10.6 Å². The first-order valence-corrected chi connectivity index (χ1v) is 8.74. The first-order valence-electron chi connectivity index (χ1n) is 6.92. The lowest BCUT2D eigenvalue weighted by Crippen LogP contribution is -2.36. The Morgan fingerprint density at radius 1 is 1.32 bits per heavy atom. The Kier molecular flexibility index (Phi) is 4.80. The van der Waals surface area contributed by atoms with Gasteiger partial charge >= 0.3 is 6.18 Å². The number of alkyl halides is 3. The van der Waals surface area contributed by atoms with Crippen LogP contribution >= 0.6 is 11.6 Å². The second-order valence-corrected chi connectivity index (χ2v) is 8.11. The predicted molar refractivity (Wildman–Crippen MR) is 78.2 cm³/mol. The Bertz CT molecular complexity index is 655. The Morgan fingerprint density at radius 2 is 1.91 bits per heavy atom. The average Bonchev–Trinajstić information content (AvgIpc) is 3.18. The Labute approximate surface area is 133 Å². The van der Waals surface area contributed by atoms with Crippen molar-refractivity contribution in [3.8, 4) is 0 Å². The number of rotatable bonds is 5. The fourth-order valence-electron chi connectivity index (χ4n) is 2.17. The molecule has 1 aromatic carbocycles. The summed E-state index contributed by atoms with van der Waals surface area (Å²) in [7, 11) is -4.04. The molecule has 0 N–H and O–H groups in total. The number of nitrogens with zero attached hydrogens (tertiary/aromatic N) is 1.